The average Bonchev–Trinajstić information content (AvgIpc) is 3.27. The van der Waals surface area contributed by atoms with Crippen LogP contribution >= 0.6 is 0 Å². The SMILES string of the molecule is Cn1ccnc1C[C@H](NC(=O)NCCn1cccc1)c1ccccc1. The van der Waals surface area contributed by atoms with Gasteiger partial charge in [0.2, 0.25) is 0 Å². The van der Waals surface area contributed by atoms with Crippen LogP contribution in [0.25, 0.3) is 0 Å². The van der Waals surface area contributed by atoms with E-state index in [0.717, 1.165) is 17.9 Å². The first-order valence-corrected chi connectivity index (χ1v) is 8.38. The molecule has 2 heterocycles. The Bertz CT molecular complexity index is 779. The monoisotopic (exact) mass is 337 g/mol. The Labute approximate surface area is 147 Å². The first-order valence-electron chi connectivity index (χ1n) is 8.38. The Balaban J connectivity index is 1.60. The van der Waals surface area contributed by atoms with E-state index in [1.807, 2.05) is 77.2 Å². The van der Waals surface area contributed by atoms with E-state index in [4.69, 9.17) is 0 Å². The number of rotatable bonds is 7. The minimum atomic E-state index is -0.171. The van der Waals surface area contributed by atoms with Crippen molar-refractivity contribution in [1.29, 1.82) is 0 Å². The fourth-order valence-corrected chi connectivity index (χ4v) is 2.74. The molecule has 1 atom stereocenters. The lowest BCUT2D eigenvalue weighted by atomic mass is 10.0. The van der Waals surface area contributed by atoms with Crippen LogP contribution in [0.5, 0.6) is 0 Å². The number of amides is 2. The third-order valence-electron chi connectivity index (χ3n) is 4.14. The summed E-state index contributed by atoms with van der Waals surface area (Å²) in [5, 5.41) is 5.98. The van der Waals surface area contributed by atoms with E-state index in [0.29, 0.717) is 13.0 Å². The molecule has 0 spiro atoms. The van der Waals surface area contributed by atoms with E-state index in [-0.39, 0.29) is 12.1 Å². The second-order valence-corrected chi connectivity index (χ2v) is 5.94. The van der Waals surface area contributed by atoms with Crippen LogP contribution in [0.4, 0.5) is 4.79 Å². The molecule has 1 aromatic carbocycles. The molecule has 0 aliphatic carbocycles. The molecular weight excluding hydrogens is 314 g/mol. The maximum atomic E-state index is 12.3. The highest BCUT2D eigenvalue weighted by atomic mass is 16.2. The van der Waals surface area contributed by atoms with E-state index < -0.39 is 0 Å². The number of aromatic nitrogens is 3. The number of hydrogen-bond donors (Lipinski definition) is 2. The van der Waals surface area contributed by atoms with Crippen LogP contribution in [0.1, 0.15) is 17.4 Å². The Morgan fingerprint density at radius 3 is 2.56 bits per heavy atom. The van der Waals surface area contributed by atoms with Crippen LogP contribution < -0.4 is 10.6 Å². The molecule has 0 radical (unpaired) electrons. The van der Waals surface area contributed by atoms with Crippen molar-refractivity contribution in [3.63, 3.8) is 0 Å². The second-order valence-electron chi connectivity index (χ2n) is 5.94. The maximum Gasteiger partial charge on any atom is 0.315 e. The Kier molecular flexibility index (Phi) is 5.51. The number of urea groups is 1. The molecule has 0 saturated heterocycles. The summed E-state index contributed by atoms with van der Waals surface area (Å²) < 4.78 is 4.00. The normalized spacial score (nSPS) is 11.9. The molecule has 2 aromatic heterocycles. The summed E-state index contributed by atoms with van der Waals surface area (Å²) in [6.45, 7) is 1.32. The van der Waals surface area contributed by atoms with Gasteiger partial charge in [-0.3, -0.25) is 0 Å². The summed E-state index contributed by atoms with van der Waals surface area (Å²) in [5.41, 5.74) is 1.06. The fraction of sp³-hybridized carbons (Fsp3) is 0.263. The van der Waals surface area contributed by atoms with Gasteiger partial charge < -0.3 is 19.8 Å². The van der Waals surface area contributed by atoms with Gasteiger partial charge in [0, 0.05) is 51.3 Å². The molecule has 0 fully saturated rings. The first-order chi connectivity index (χ1) is 12.2. The van der Waals surface area contributed by atoms with Gasteiger partial charge in [0.25, 0.3) is 0 Å². The molecular formula is C19H23N5O. The van der Waals surface area contributed by atoms with Crippen LogP contribution in [0.3, 0.4) is 0 Å². The number of carbonyl (C=O) groups is 1. The molecule has 25 heavy (non-hydrogen) atoms. The van der Waals surface area contributed by atoms with Crippen molar-refractivity contribution in [2.24, 2.45) is 7.05 Å². The number of nitrogens with zero attached hydrogens (tertiary/aromatic N) is 3. The second kappa shape index (κ2) is 8.19. The number of benzene rings is 1. The van der Waals surface area contributed by atoms with E-state index in [1.54, 1.807) is 6.20 Å². The molecule has 0 bridgehead atoms. The number of hydrogen-bond acceptors (Lipinski definition) is 2. The number of aryl methyl sites for hydroxylation is 1. The van der Waals surface area contributed by atoms with Gasteiger partial charge in [-0.2, -0.15) is 0 Å². The molecule has 3 aromatic rings. The highest BCUT2D eigenvalue weighted by molar-refractivity contribution is 5.74. The zero-order chi connectivity index (χ0) is 17.5. The standard InChI is InChI=1S/C19H23N5O/c1-23-13-9-20-18(23)15-17(16-7-3-2-4-8-16)22-19(25)21-10-14-24-11-5-6-12-24/h2-9,11-13,17H,10,14-15H2,1H3,(H2,21,22,25)/t17-/m0/s1. The molecule has 2 N–H and O–H groups in total. The number of imidazole rings is 1. The molecule has 3 rings (SSSR count). The summed E-state index contributed by atoms with van der Waals surface area (Å²) in [7, 11) is 1.96. The van der Waals surface area contributed by atoms with Gasteiger partial charge in [0.05, 0.1) is 6.04 Å². The molecule has 0 unspecified atom stereocenters. The van der Waals surface area contributed by atoms with Crippen LogP contribution in [0, 0.1) is 0 Å². The van der Waals surface area contributed by atoms with Gasteiger partial charge in [-0.15, -0.1) is 0 Å². The highest BCUT2D eigenvalue weighted by Crippen LogP contribution is 2.17. The Morgan fingerprint density at radius 1 is 1.12 bits per heavy atom. The van der Waals surface area contributed by atoms with Crippen molar-refractivity contribution in [3.05, 3.63) is 78.6 Å². The zero-order valence-corrected chi connectivity index (χ0v) is 14.3. The van der Waals surface area contributed by atoms with E-state index in [1.165, 1.54) is 0 Å². The van der Waals surface area contributed by atoms with Crippen molar-refractivity contribution in [2.45, 2.75) is 19.0 Å². The summed E-state index contributed by atoms with van der Waals surface area (Å²) in [6, 6.07) is 13.6. The summed E-state index contributed by atoms with van der Waals surface area (Å²) in [6.07, 6.45) is 8.28. The lowest BCUT2D eigenvalue weighted by Crippen LogP contribution is -2.40. The predicted octanol–water partition coefficient (Wildman–Crippen LogP) is 2.50. The van der Waals surface area contributed by atoms with Crippen molar-refractivity contribution >= 4 is 6.03 Å². The molecule has 6 heteroatoms. The molecule has 6 nitrogen and oxygen atoms in total. The third-order valence-corrected chi connectivity index (χ3v) is 4.14. The van der Waals surface area contributed by atoms with Gasteiger partial charge in [0.15, 0.2) is 0 Å². The minimum absolute atomic E-state index is 0.131. The molecule has 0 aliphatic heterocycles. The zero-order valence-electron chi connectivity index (χ0n) is 14.3. The maximum absolute atomic E-state index is 12.3. The predicted molar refractivity (Wildman–Crippen MR) is 97.1 cm³/mol. The highest BCUT2D eigenvalue weighted by Gasteiger charge is 2.17. The third kappa shape index (κ3) is 4.73. The van der Waals surface area contributed by atoms with Gasteiger partial charge >= 0.3 is 6.03 Å². The van der Waals surface area contributed by atoms with Crippen LogP contribution in [0.15, 0.2) is 67.3 Å². The van der Waals surface area contributed by atoms with Crippen molar-refractivity contribution < 1.29 is 4.79 Å². The van der Waals surface area contributed by atoms with Crippen molar-refractivity contribution in [3.8, 4) is 0 Å². The Morgan fingerprint density at radius 2 is 1.88 bits per heavy atom. The summed E-state index contributed by atoms with van der Waals surface area (Å²) in [4.78, 5) is 16.7. The largest absolute Gasteiger partial charge is 0.353 e. The van der Waals surface area contributed by atoms with Crippen LogP contribution in [-0.4, -0.2) is 26.7 Å². The fourth-order valence-electron chi connectivity index (χ4n) is 2.74. The molecule has 2 amide bonds. The van der Waals surface area contributed by atoms with E-state index >= 15 is 0 Å². The van der Waals surface area contributed by atoms with Gasteiger partial charge in [-0.05, 0) is 17.7 Å². The topological polar surface area (TPSA) is 63.9 Å². The van der Waals surface area contributed by atoms with Gasteiger partial charge in [-0.25, -0.2) is 9.78 Å². The quantitative estimate of drug-likeness (QED) is 0.696. The van der Waals surface area contributed by atoms with Crippen LogP contribution in [-0.2, 0) is 20.0 Å². The lowest BCUT2D eigenvalue weighted by molar-refractivity contribution is 0.236. The van der Waals surface area contributed by atoms with Crippen molar-refractivity contribution in [1.82, 2.24) is 24.8 Å². The van der Waals surface area contributed by atoms with E-state index in [2.05, 4.69) is 15.6 Å². The Hall–Kier alpha value is -3.02. The van der Waals surface area contributed by atoms with E-state index in [9.17, 15) is 4.79 Å². The summed E-state index contributed by atoms with van der Waals surface area (Å²) >= 11 is 0. The molecule has 130 valence electrons. The average molecular weight is 337 g/mol. The molecule has 0 aliphatic rings. The minimum Gasteiger partial charge on any atom is -0.353 e. The number of carbonyl (C=O) groups excluding carboxylic acids is 1. The first kappa shape index (κ1) is 16.8. The summed E-state index contributed by atoms with van der Waals surface area (Å²) in [5.74, 6) is 0.932. The van der Waals surface area contributed by atoms with Gasteiger partial charge in [-0.1, -0.05) is 30.3 Å². The molecule has 0 saturated carbocycles. The lowest BCUT2D eigenvalue weighted by Gasteiger charge is -2.19. The van der Waals surface area contributed by atoms with Crippen LogP contribution in [0.2, 0.25) is 0 Å². The van der Waals surface area contributed by atoms with Crippen molar-refractivity contribution in [2.75, 3.05) is 6.54 Å². The number of nitrogens with one attached hydrogen (secondary N) is 2. The van der Waals surface area contributed by atoms with Gasteiger partial charge in [0.1, 0.15) is 5.82 Å². The smallest absolute Gasteiger partial charge is 0.315 e.